The highest BCUT2D eigenvalue weighted by atomic mass is 35.5. The lowest BCUT2D eigenvalue weighted by Gasteiger charge is -2.24. The second-order valence-corrected chi connectivity index (χ2v) is 7.35. The molecule has 1 fully saturated rings. The molecule has 1 aromatic heterocycles. The van der Waals surface area contributed by atoms with Crippen LogP contribution in [0.3, 0.4) is 0 Å². The Labute approximate surface area is 155 Å². The zero-order chi connectivity index (χ0) is 16.9. The van der Waals surface area contributed by atoms with E-state index in [0.29, 0.717) is 16.1 Å². The average Bonchev–Trinajstić information content (AvgIpc) is 2.60. The highest BCUT2D eigenvalue weighted by molar-refractivity contribution is 7.99. The maximum atomic E-state index is 6.24. The van der Waals surface area contributed by atoms with E-state index in [0.717, 1.165) is 47.6 Å². The third-order valence-electron chi connectivity index (χ3n) is 3.68. The van der Waals surface area contributed by atoms with Gasteiger partial charge in [0.1, 0.15) is 10.8 Å². The third kappa shape index (κ3) is 4.52. The molecule has 24 heavy (non-hydrogen) atoms. The van der Waals surface area contributed by atoms with Gasteiger partial charge < -0.3 is 16.0 Å². The quantitative estimate of drug-likeness (QED) is 0.736. The molecule has 2 aromatic rings. The fraction of sp³-hybridized carbons (Fsp3) is 0.375. The zero-order valence-electron chi connectivity index (χ0n) is 13.3. The Morgan fingerprint density at radius 3 is 2.96 bits per heavy atom. The highest BCUT2D eigenvalue weighted by Crippen LogP contribution is 2.37. The Morgan fingerprint density at radius 1 is 1.33 bits per heavy atom. The molecule has 0 saturated carbocycles. The summed E-state index contributed by atoms with van der Waals surface area (Å²) in [5.41, 5.74) is 0.857. The van der Waals surface area contributed by atoms with Crippen molar-refractivity contribution in [3.63, 3.8) is 0 Å². The first-order valence-electron chi connectivity index (χ1n) is 7.77. The van der Waals surface area contributed by atoms with Crippen molar-refractivity contribution in [3.05, 3.63) is 40.1 Å². The Bertz CT molecular complexity index is 707. The molecule has 128 valence electrons. The second kappa shape index (κ2) is 8.36. The number of hydrogen-bond acceptors (Lipinski definition) is 6. The molecule has 5 nitrogen and oxygen atoms in total. The van der Waals surface area contributed by atoms with Gasteiger partial charge in [0.05, 0.1) is 21.9 Å². The number of rotatable bonds is 5. The van der Waals surface area contributed by atoms with Crippen LogP contribution in [-0.2, 0) is 0 Å². The van der Waals surface area contributed by atoms with Gasteiger partial charge in [0.25, 0.3) is 0 Å². The van der Waals surface area contributed by atoms with Crippen LogP contribution in [0, 0.1) is 6.92 Å². The van der Waals surface area contributed by atoms with Gasteiger partial charge in [-0.05, 0) is 19.1 Å². The Balaban J connectivity index is 1.64. The summed E-state index contributed by atoms with van der Waals surface area (Å²) >= 11 is 13.8. The van der Waals surface area contributed by atoms with Gasteiger partial charge in [0, 0.05) is 37.1 Å². The summed E-state index contributed by atoms with van der Waals surface area (Å²) in [7, 11) is 0. The van der Waals surface area contributed by atoms with Crippen LogP contribution in [0.4, 0.5) is 5.82 Å². The van der Waals surface area contributed by atoms with Crippen molar-refractivity contribution in [3.8, 4) is 0 Å². The summed E-state index contributed by atoms with van der Waals surface area (Å²) in [6, 6.07) is 5.97. The van der Waals surface area contributed by atoms with E-state index in [4.69, 9.17) is 23.2 Å². The van der Waals surface area contributed by atoms with E-state index in [1.807, 2.05) is 19.1 Å². The lowest BCUT2D eigenvalue weighted by atomic mass is 10.2. The van der Waals surface area contributed by atoms with Gasteiger partial charge in [-0.1, -0.05) is 41.0 Å². The van der Waals surface area contributed by atoms with Crippen molar-refractivity contribution < 1.29 is 0 Å². The fourth-order valence-corrected chi connectivity index (χ4v) is 3.73. The van der Waals surface area contributed by atoms with Crippen molar-refractivity contribution in [1.29, 1.82) is 0 Å². The number of benzene rings is 1. The minimum absolute atomic E-state index is 0.403. The lowest BCUT2D eigenvalue weighted by molar-refractivity contribution is 0.431. The molecule has 0 amide bonds. The molecule has 3 rings (SSSR count). The number of aryl methyl sites for hydroxylation is 1. The predicted molar refractivity (Wildman–Crippen MR) is 101 cm³/mol. The number of piperazine rings is 1. The molecular weight excluding hydrogens is 365 g/mol. The van der Waals surface area contributed by atoms with Crippen molar-refractivity contribution in [1.82, 2.24) is 20.6 Å². The fourth-order valence-electron chi connectivity index (χ4n) is 2.41. The van der Waals surface area contributed by atoms with Gasteiger partial charge in [-0.15, -0.1) is 0 Å². The largest absolute Gasteiger partial charge is 0.367 e. The van der Waals surface area contributed by atoms with Crippen LogP contribution in [-0.4, -0.2) is 42.2 Å². The molecule has 2 heterocycles. The van der Waals surface area contributed by atoms with Crippen molar-refractivity contribution >= 4 is 40.8 Å². The second-order valence-electron chi connectivity index (χ2n) is 5.54. The molecule has 3 N–H and O–H groups in total. The molecule has 1 saturated heterocycles. The van der Waals surface area contributed by atoms with Crippen LogP contribution in [0.1, 0.15) is 5.69 Å². The van der Waals surface area contributed by atoms with Crippen LogP contribution in [0.5, 0.6) is 0 Å². The molecule has 1 aromatic carbocycles. The molecule has 1 unspecified atom stereocenters. The third-order valence-corrected chi connectivity index (χ3v) is 5.76. The summed E-state index contributed by atoms with van der Waals surface area (Å²) < 4.78 is 0. The maximum Gasteiger partial charge on any atom is 0.144 e. The molecule has 1 atom stereocenters. The number of anilines is 1. The van der Waals surface area contributed by atoms with Gasteiger partial charge in [0.15, 0.2) is 0 Å². The summed E-state index contributed by atoms with van der Waals surface area (Å²) in [4.78, 5) is 9.97. The Morgan fingerprint density at radius 2 is 2.21 bits per heavy atom. The van der Waals surface area contributed by atoms with Crippen LogP contribution in [0.15, 0.2) is 34.3 Å². The molecule has 0 aliphatic carbocycles. The first-order chi connectivity index (χ1) is 11.6. The van der Waals surface area contributed by atoms with E-state index in [1.165, 1.54) is 11.8 Å². The van der Waals surface area contributed by atoms with E-state index >= 15 is 0 Å². The molecule has 1 aliphatic heterocycles. The first-order valence-corrected chi connectivity index (χ1v) is 9.34. The zero-order valence-corrected chi connectivity index (χ0v) is 15.6. The first kappa shape index (κ1) is 17.8. The van der Waals surface area contributed by atoms with Crippen LogP contribution in [0.25, 0.3) is 0 Å². The summed E-state index contributed by atoms with van der Waals surface area (Å²) in [5.74, 6) is 0.779. The summed E-state index contributed by atoms with van der Waals surface area (Å²) in [6.07, 6.45) is 1.75. The monoisotopic (exact) mass is 383 g/mol. The van der Waals surface area contributed by atoms with E-state index < -0.39 is 0 Å². The number of nitrogens with zero attached hydrogens (tertiary/aromatic N) is 2. The Kier molecular flexibility index (Phi) is 6.19. The molecule has 0 bridgehead atoms. The van der Waals surface area contributed by atoms with E-state index in [9.17, 15) is 0 Å². The number of hydrogen-bond donors (Lipinski definition) is 3. The lowest BCUT2D eigenvalue weighted by Crippen LogP contribution is -2.51. The summed E-state index contributed by atoms with van der Waals surface area (Å²) in [5, 5.41) is 12.1. The SMILES string of the molecule is Cc1nc(NCC2CNCCN2)cnc1Sc1cccc(Cl)c1Cl. The van der Waals surface area contributed by atoms with E-state index in [-0.39, 0.29) is 0 Å². The van der Waals surface area contributed by atoms with E-state index in [1.54, 1.807) is 12.3 Å². The smallest absolute Gasteiger partial charge is 0.144 e. The molecule has 8 heteroatoms. The predicted octanol–water partition coefficient (Wildman–Crippen LogP) is 3.22. The average molecular weight is 384 g/mol. The van der Waals surface area contributed by atoms with Crippen LogP contribution < -0.4 is 16.0 Å². The highest BCUT2D eigenvalue weighted by Gasteiger charge is 2.13. The number of halogens is 2. The molecular formula is C16H19Cl2N5S. The normalized spacial score (nSPS) is 17.7. The van der Waals surface area contributed by atoms with Crippen LogP contribution >= 0.6 is 35.0 Å². The maximum absolute atomic E-state index is 6.24. The van der Waals surface area contributed by atoms with Crippen molar-refractivity contribution in [2.75, 3.05) is 31.5 Å². The molecule has 0 spiro atoms. The Hall–Kier alpha value is -1.05. The number of aromatic nitrogens is 2. The van der Waals surface area contributed by atoms with Gasteiger partial charge in [-0.2, -0.15) is 0 Å². The minimum Gasteiger partial charge on any atom is -0.367 e. The summed E-state index contributed by atoms with van der Waals surface area (Å²) in [6.45, 7) is 5.73. The van der Waals surface area contributed by atoms with Crippen molar-refractivity contribution in [2.24, 2.45) is 0 Å². The van der Waals surface area contributed by atoms with Crippen molar-refractivity contribution in [2.45, 2.75) is 22.9 Å². The van der Waals surface area contributed by atoms with Gasteiger partial charge in [0.2, 0.25) is 0 Å². The molecule has 1 aliphatic rings. The van der Waals surface area contributed by atoms with Gasteiger partial charge >= 0.3 is 0 Å². The van der Waals surface area contributed by atoms with Crippen LogP contribution in [0.2, 0.25) is 10.0 Å². The van der Waals surface area contributed by atoms with Gasteiger partial charge in [-0.3, -0.25) is 0 Å². The van der Waals surface area contributed by atoms with E-state index in [2.05, 4.69) is 25.9 Å². The standard InChI is InChI=1S/C16H19Cl2N5S/c1-10-16(24-13-4-2-3-12(17)15(13)18)22-9-14(23-10)21-8-11-7-19-5-6-20-11/h2-4,9,11,19-20H,5-8H2,1H3,(H,21,23). The molecule has 0 radical (unpaired) electrons. The minimum atomic E-state index is 0.403. The topological polar surface area (TPSA) is 61.9 Å². The van der Waals surface area contributed by atoms with Gasteiger partial charge in [-0.25, -0.2) is 9.97 Å². The number of nitrogens with one attached hydrogen (secondary N) is 3.